The molecule has 1 aliphatic rings. The van der Waals surface area contributed by atoms with Gasteiger partial charge in [0, 0.05) is 47.0 Å². The van der Waals surface area contributed by atoms with Crippen molar-refractivity contribution in [1.82, 2.24) is 14.0 Å². The summed E-state index contributed by atoms with van der Waals surface area (Å²) in [5.74, 6) is -0.283. The van der Waals surface area contributed by atoms with Gasteiger partial charge < -0.3 is 19.5 Å². The first-order valence-electron chi connectivity index (χ1n) is 16.7. The number of benzene rings is 4. The monoisotopic (exact) mass is 701 g/mol. The van der Waals surface area contributed by atoms with Crippen molar-refractivity contribution in [2.75, 3.05) is 25.5 Å². The van der Waals surface area contributed by atoms with Gasteiger partial charge in [0.15, 0.2) is 4.80 Å². The number of rotatable bonds is 9. The van der Waals surface area contributed by atoms with Crippen LogP contribution in [0.4, 0.5) is 10.1 Å². The lowest BCUT2D eigenvalue weighted by Crippen LogP contribution is -2.43. The van der Waals surface area contributed by atoms with Crippen molar-refractivity contribution < 1.29 is 18.7 Å². The van der Waals surface area contributed by atoms with E-state index in [1.54, 1.807) is 16.6 Å². The van der Waals surface area contributed by atoms with Gasteiger partial charge in [0.2, 0.25) is 5.91 Å². The molecule has 2 aromatic heterocycles. The standard InChI is InChI=1S/C40H36FN5O4S/c1-5-44(6-2)39(49)35-24(3)42-40-46(37(35)36-30-13-8-7-11-25(30)15-20-32(36)50-4)38(48)33(51-40)21-26-22-45(31-14-10-9-12-29(26)31)23-34(47)43-28-18-16-27(41)17-19-28/h7-22,37H,5-6,23H2,1-4H3,(H,43,47)/b33-21+/t37-/m0/s1. The third-order valence-electron chi connectivity index (χ3n) is 9.27. The first-order valence-corrected chi connectivity index (χ1v) is 17.5. The molecule has 0 saturated heterocycles. The van der Waals surface area contributed by atoms with Gasteiger partial charge >= 0.3 is 0 Å². The highest BCUT2D eigenvalue weighted by Gasteiger charge is 2.36. The number of methoxy groups -OCH3 is 1. The van der Waals surface area contributed by atoms with E-state index in [9.17, 15) is 18.8 Å². The van der Waals surface area contributed by atoms with Crippen molar-refractivity contribution in [2.24, 2.45) is 4.99 Å². The lowest BCUT2D eigenvalue weighted by atomic mass is 9.90. The molecule has 1 atom stereocenters. The Labute approximate surface area is 297 Å². The minimum absolute atomic E-state index is 0.00385. The largest absolute Gasteiger partial charge is 0.496 e. The average molecular weight is 702 g/mol. The van der Waals surface area contributed by atoms with Gasteiger partial charge in [0.1, 0.15) is 24.2 Å². The van der Waals surface area contributed by atoms with Crippen molar-refractivity contribution in [3.8, 4) is 5.75 Å². The van der Waals surface area contributed by atoms with Gasteiger partial charge in [-0.25, -0.2) is 9.38 Å². The lowest BCUT2D eigenvalue weighted by Gasteiger charge is -2.30. The summed E-state index contributed by atoms with van der Waals surface area (Å²) in [6.07, 6.45) is 3.67. The highest BCUT2D eigenvalue weighted by Crippen LogP contribution is 2.40. The van der Waals surface area contributed by atoms with Crippen LogP contribution in [0.15, 0.2) is 112 Å². The number of nitrogens with one attached hydrogen (secondary N) is 1. The van der Waals surface area contributed by atoms with E-state index in [2.05, 4.69) is 5.32 Å². The molecule has 0 saturated carbocycles. The van der Waals surface area contributed by atoms with Crippen LogP contribution in [0.2, 0.25) is 0 Å². The Hall–Kier alpha value is -5.81. The minimum atomic E-state index is -0.797. The summed E-state index contributed by atoms with van der Waals surface area (Å²) in [4.78, 5) is 49.1. The van der Waals surface area contributed by atoms with E-state index in [4.69, 9.17) is 9.73 Å². The third kappa shape index (κ3) is 6.14. The molecule has 0 aliphatic carbocycles. The van der Waals surface area contributed by atoms with E-state index in [-0.39, 0.29) is 29.7 Å². The van der Waals surface area contributed by atoms with E-state index in [1.807, 2.05) is 98.3 Å². The first-order chi connectivity index (χ1) is 24.7. The van der Waals surface area contributed by atoms with Crippen molar-refractivity contribution in [1.29, 1.82) is 0 Å². The summed E-state index contributed by atoms with van der Waals surface area (Å²) < 4.78 is 23.2. The molecule has 51 heavy (non-hydrogen) atoms. The maximum absolute atomic E-state index is 14.7. The molecule has 1 N–H and O–H groups in total. The second-order valence-corrected chi connectivity index (χ2v) is 13.3. The minimum Gasteiger partial charge on any atom is -0.496 e. The molecular formula is C40H36FN5O4S. The molecule has 1 aliphatic heterocycles. The molecule has 0 unspecified atom stereocenters. The summed E-state index contributed by atoms with van der Waals surface area (Å²) in [6.45, 7) is 6.70. The van der Waals surface area contributed by atoms with E-state index >= 15 is 0 Å². The van der Waals surface area contributed by atoms with Crippen LogP contribution < -0.4 is 24.9 Å². The van der Waals surface area contributed by atoms with Gasteiger partial charge in [-0.15, -0.1) is 0 Å². The number of allylic oxidation sites excluding steroid dienone is 1. The van der Waals surface area contributed by atoms with Crippen molar-refractivity contribution in [3.63, 3.8) is 0 Å². The Morgan fingerprint density at radius 1 is 0.980 bits per heavy atom. The van der Waals surface area contributed by atoms with Crippen LogP contribution in [-0.4, -0.2) is 46.0 Å². The number of halogens is 1. The molecule has 0 fully saturated rings. The van der Waals surface area contributed by atoms with Gasteiger partial charge in [-0.1, -0.05) is 59.9 Å². The third-order valence-corrected chi connectivity index (χ3v) is 10.3. The number of amides is 2. The van der Waals surface area contributed by atoms with Crippen LogP contribution in [0, 0.1) is 5.82 Å². The van der Waals surface area contributed by atoms with Crippen LogP contribution in [0.1, 0.15) is 37.9 Å². The molecule has 11 heteroatoms. The first kappa shape index (κ1) is 33.7. The maximum atomic E-state index is 14.7. The SMILES string of the molecule is CCN(CC)C(=O)C1=C(C)N=c2s/c(=C/c3cn(CC(=O)Nc4ccc(F)cc4)c4ccccc34)c(=O)n2[C@@H]1c1c(OC)ccc2ccccc12. The summed E-state index contributed by atoms with van der Waals surface area (Å²) in [7, 11) is 1.59. The second-order valence-electron chi connectivity index (χ2n) is 12.2. The number of carbonyl (C=O) groups excluding carboxylic acids is 2. The number of nitrogens with zero attached hydrogens (tertiary/aromatic N) is 4. The summed E-state index contributed by atoms with van der Waals surface area (Å²) >= 11 is 1.26. The fraction of sp³-hybridized carbons (Fsp3) is 0.200. The smallest absolute Gasteiger partial charge is 0.271 e. The van der Waals surface area contributed by atoms with Crippen LogP contribution in [0.25, 0.3) is 27.8 Å². The number of likely N-dealkylation sites (N-methyl/N-ethyl adjacent to an activating group) is 1. The van der Waals surface area contributed by atoms with E-state index in [0.717, 1.165) is 32.8 Å². The molecule has 0 radical (unpaired) electrons. The van der Waals surface area contributed by atoms with Crippen LogP contribution in [0.3, 0.4) is 0 Å². The Balaban J connectivity index is 1.39. The van der Waals surface area contributed by atoms with E-state index in [0.29, 0.717) is 45.1 Å². The number of fused-ring (bicyclic) bond motifs is 3. The van der Waals surface area contributed by atoms with Crippen molar-refractivity contribution in [3.05, 3.63) is 139 Å². The van der Waals surface area contributed by atoms with E-state index < -0.39 is 6.04 Å². The summed E-state index contributed by atoms with van der Waals surface area (Å²) in [5.41, 5.74) is 3.45. The normalized spacial score (nSPS) is 14.5. The molecule has 6 aromatic rings. The summed E-state index contributed by atoms with van der Waals surface area (Å²) in [5, 5.41) is 5.50. The molecule has 0 bridgehead atoms. The van der Waals surface area contributed by atoms with Gasteiger partial charge in [-0.2, -0.15) is 0 Å². The zero-order valence-corrected chi connectivity index (χ0v) is 29.5. The van der Waals surface area contributed by atoms with Crippen molar-refractivity contribution >= 4 is 56.6 Å². The van der Waals surface area contributed by atoms with Gasteiger partial charge in [-0.3, -0.25) is 19.0 Å². The number of thiazole rings is 1. The molecule has 7 rings (SSSR count). The Bertz CT molecular complexity index is 2540. The molecular weight excluding hydrogens is 666 g/mol. The number of para-hydroxylation sites is 1. The highest BCUT2D eigenvalue weighted by atomic mass is 32.1. The number of carbonyl (C=O) groups is 2. The van der Waals surface area contributed by atoms with Crippen LogP contribution in [0.5, 0.6) is 5.75 Å². The Kier molecular flexibility index (Phi) is 9.14. The number of aromatic nitrogens is 2. The van der Waals surface area contributed by atoms with E-state index in [1.165, 1.54) is 35.6 Å². The molecule has 0 spiro atoms. The van der Waals surface area contributed by atoms with Crippen molar-refractivity contribution in [2.45, 2.75) is 33.4 Å². The second kappa shape index (κ2) is 13.8. The maximum Gasteiger partial charge on any atom is 0.271 e. The van der Waals surface area contributed by atoms with Crippen LogP contribution >= 0.6 is 11.3 Å². The summed E-state index contributed by atoms with van der Waals surface area (Å²) in [6, 6.07) is 24.2. The molecule has 9 nitrogen and oxygen atoms in total. The number of hydrogen-bond donors (Lipinski definition) is 1. The highest BCUT2D eigenvalue weighted by molar-refractivity contribution is 7.07. The predicted molar refractivity (Wildman–Crippen MR) is 199 cm³/mol. The predicted octanol–water partition coefficient (Wildman–Crippen LogP) is 6.00. The fourth-order valence-corrected chi connectivity index (χ4v) is 7.87. The molecule has 2 amide bonds. The molecule has 4 aromatic carbocycles. The Morgan fingerprint density at radius 2 is 1.69 bits per heavy atom. The lowest BCUT2D eigenvalue weighted by molar-refractivity contribution is -0.127. The van der Waals surface area contributed by atoms with Gasteiger partial charge in [0.05, 0.1) is 22.9 Å². The zero-order chi connectivity index (χ0) is 35.8. The fourth-order valence-electron chi connectivity index (χ4n) is 6.84. The number of ether oxygens (including phenoxy) is 1. The number of hydrogen-bond acceptors (Lipinski definition) is 6. The van der Waals surface area contributed by atoms with Gasteiger partial charge in [0.25, 0.3) is 11.5 Å². The van der Waals surface area contributed by atoms with Crippen LogP contribution in [-0.2, 0) is 16.1 Å². The quantitative estimate of drug-likeness (QED) is 0.200. The topological polar surface area (TPSA) is 97.9 Å². The Morgan fingerprint density at radius 3 is 2.41 bits per heavy atom. The number of anilines is 1. The van der Waals surface area contributed by atoms with Gasteiger partial charge in [-0.05, 0) is 74.0 Å². The molecule has 258 valence electrons. The average Bonchev–Trinajstić information content (AvgIpc) is 3.63. The zero-order valence-electron chi connectivity index (χ0n) is 28.6. The molecule has 3 heterocycles.